The molecule has 6 heteroatoms. The fraction of sp³-hybridized carbons (Fsp3) is 0.714. The molecule has 4 N–H and O–H groups in total. The van der Waals surface area contributed by atoms with Crippen LogP contribution in [0.4, 0.5) is 5.95 Å². The molecule has 0 bridgehead atoms. The number of thioether (sulfide) groups is 1. The summed E-state index contributed by atoms with van der Waals surface area (Å²) in [6, 6.07) is 0.615. The third-order valence-electron chi connectivity index (χ3n) is 2.06. The third-order valence-corrected chi connectivity index (χ3v) is 3.07. The number of nitrogens with zero attached hydrogens (tertiary/aromatic N) is 2. The van der Waals surface area contributed by atoms with Gasteiger partial charge in [-0.1, -0.05) is 11.8 Å². The highest BCUT2D eigenvalue weighted by Gasteiger charge is 2.14. The molecule has 2 rings (SSSR count). The first kappa shape index (κ1) is 8.83. The number of rotatable bonds is 3. The van der Waals surface area contributed by atoms with Crippen LogP contribution in [0, 0.1) is 0 Å². The van der Waals surface area contributed by atoms with Crippen LogP contribution in [0.1, 0.15) is 12.8 Å². The maximum Gasteiger partial charge on any atom is 0.216 e. The lowest BCUT2D eigenvalue weighted by atomic mass is 10.3. The van der Waals surface area contributed by atoms with Gasteiger partial charge in [0.25, 0.3) is 0 Å². The van der Waals surface area contributed by atoms with E-state index in [0.717, 1.165) is 17.5 Å². The van der Waals surface area contributed by atoms with Crippen molar-refractivity contribution in [1.82, 2.24) is 20.5 Å². The van der Waals surface area contributed by atoms with E-state index in [4.69, 9.17) is 5.73 Å². The lowest BCUT2D eigenvalue weighted by Crippen LogP contribution is -2.23. The summed E-state index contributed by atoms with van der Waals surface area (Å²) in [5.41, 5.74) is 5.40. The van der Waals surface area contributed by atoms with Gasteiger partial charge in [0.15, 0.2) is 0 Å². The lowest BCUT2D eigenvalue weighted by Gasteiger charge is -2.06. The molecule has 72 valence electrons. The summed E-state index contributed by atoms with van der Waals surface area (Å²) in [7, 11) is 0. The number of nitrogen functional groups attached to an aromatic ring is 1. The summed E-state index contributed by atoms with van der Waals surface area (Å²) in [6.45, 7) is 1.14. The Kier molecular flexibility index (Phi) is 2.70. The predicted molar refractivity (Wildman–Crippen MR) is 52.5 cm³/mol. The second-order valence-electron chi connectivity index (χ2n) is 3.11. The number of hydrogen-bond donors (Lipinski definition) is 3. The number of H-pyrrole nitrogens is 1. The van der Waals surface area contributed by atoms with E-state index < -0.39 is 0 Å². The van der Waals surface area contributed by atoms with Gasteiger partial charge in [0.05, 0.1) is 0 Å². The van der Waals surface area contributed by atoms with Crippen LogP contribution in [-0.2, 0) is 0 Å². The van der Waals surface area contributed by atoms with Gasteiger partial charge in [-0.15, -0.1) is 5.10 Å². The van der Waals surface area contributed by atoms with Crippen molar-refractivity contribution >= 4 is 17.7 Å². The molecule has 0 radical (unpaired) electrons. The van der Waals surface area contributed by atoms with Crippen molar-refractivity contribution in [3.8, 4) is 0 Å². The molecule has 2 heterocycles. The smallest absolute Gasteiger partial charge is 0.216 e. The first-order chi connectivity index (χ1) is 6.34. The molecule has 1 aromatic rings. The summed E-state index contributed by atoms with van der Waals surface area (Å²) in [5.74, 6) is 1.42. The molecule has 1 unspecified atom stereocenters. The average Bonchev–Trinajstić information content (AvgIpc) is 2.71. The van der Waals surface area contributed by atoms with Crippen LogP contribution in [0.15, 0.2) is 5.16 Å². The van der Waals surface area contributed by atoms with E-state index in [9.17, 15) is 0 Å². The summed E-state index contributed by atoms with van der Waals surface area (Å²) < 4.78 is 0. The van der Waals surface area contributed by atoms with E-state index >= 15 is 0 Å². The summed E-state index contributed by atoms with van der Waals surface area (Å²) in [4.78, 5) is 4.02. The Bertz CT molecular complexity index is 268. The molecule has 1 fully saturated rings. The SMILES string of the molecule is Nc1nc(SCC2CCCN2)n[nH]1. The molecule has 0 amide bonds. The summed E-state index contributed by atoms with van der Waals surface area (Å²) >= 11 is 1.64. The van der Waals surface area contributed by atoms with Crippen molar-refractivity contribution in [2.24, 2.45) is 0 Å². The van der Waals surface area contributed by atoms with Crippen molar-refractivity contribution in [3.05, 3.63) is 0 Å². The van der Waals surface area contributed by atoms with Crippen LogP contribution in [0.3, 0.4) is 0 Å². The van der Waals surface area contributed by atoms with Gasteiger partial charge >= 0.3 is 0 Å². The van der Waals surface area contributed by atoms with Gasteiger partial charge in [0.2, 0.25) is 11.1 Å². The lowest BCUT2D eigenvalue weighted by molar-refractivity contribution is 0.673. The molecular formula is C7H13N5S. The van der Waals surface area contributed by atoms with Gasteiger partial charge in [-0.05, 0) is 19.4 Å². The summed E-state index contributed by atoms with van der Waals surface area (Å²) in [5, 5.41) is 10.7. The second kappa shape index (κ2) is 3.97. The highest BCUT2D eigenvalue weighted by Crippen LogP contribution is 2.17. The van der Waals surface area contributed by atoms with Crippen LogP contribution in [0.25, 0.3) is 0 Å². The molecular weight excluding hydrogens is 186 g/mol. The Morgan fingerprint density at radius 3 is 3.15 bits per heavy atom. The molecule has 0 saturated carbocycles. The molecule has 1 aromatic heterocycles. The molecule has 1 atom stereocenters. The molecule has 0 spiro atoms. The normalized spacial score (nSPS) is 22.3. The van der Waals surface area contributed by atoms with Gasteiger partial charge in [0.1, 0.15) is 0 Å². The van der Waals surface area contributed by atoms with E-state index in [1.165, 1.54) is 12.8 Å². The number of aromatic amines is 1. The number of anilines is 1. The molecule has 13 heavy (non-hydrogen) atoms. The molecule has 1 aliphatic heterocycles. The Labute approximate surface area is 80.9 Å². The quantitative estimate of drug-likeness (QED) is 0.607. The van der Waals surface area contributed by atoms with Gasteiger partial charge in [-0.3, -0.25) is 0 Å². The molecule has 0 aliphatic carbocycles. The van der Waals surface area contributed by atoms with Crippen LogP contribution in [-0.4, -0.2) is 33.5 Å². The zero-order chi connectivity index (χ0) is 9.10. The average molecular weight is 199 g/mol. The standard InChI is InChI=1S/C7H13N5S/c8-6-10-7(12-11-6)13-4-5-2-1-3-9-5/h5,9H,1-4H2,(H3,8,10,11,12). The van der Waals surface area contributed by atoms with E-state index in [2.05, 4.69) is 20.5 Å². The predicted octanol–water partition coefficient (Wildman–Crippen LogP) is 0.231. The fourth-order valence-electron chi connectivity index (χ4n) is 1.40. The van der Waals surface area contributed by atoms with Crippen molar-refractivity contribution in [3.63, 3.8) is 0 Å². The van der Waals surface area contributed by atoms with E-state index in [0.29, 0.717) is 12.0 Å². The Morgan fingerprint density at radius 1 is 1.62 bits per heavy atom. The van der Waals surface area contributed by atoms with Crippen molar-refractivity contribution in [2.75, 3.05) is 18.0 Å². The highest BCUT2D eigenvalue weighted by atomic mass is 32.2. The molecule has 0 aromatic carbocycles. The van der Waals surface area contributed by atoms with Crippen molar-refractivity contribution < 1.29 is 0 Å². The first-order valence-corrected chi connectivity index (χ1v) is 5.37. The number of nitrogens with one attached hydrogen (secondary N) is 2. The zero-order valence-corrected chi connectivity index (χ0v) is 8.10. The van der Waals surface area contributed by atoms with Crippen LogP contribution in [0.2, 0.25) is 0 Å². The summed E-state index contributed by atoms with van der Waals surface area (Å²) in [6.07, 6.45) is 2.54. The van der Waals surface area contributed by atoms with Crippen molar-refractivity contribution in [1.29, 1.82) is 0 Å². The van der Waals surface area contributed by atoms with E-state index in [1.807, 2.05) is 0 Å². The topological polar surface area (TPSA) is 79.6 Å². The van der Waals surface area contributed by atoms with E-state index in [1.54, 1.807) is 11.8 Å². The maximum absolute atomic E-state index is 5.40. The van der Waals surface area contributed by atoms with Gasteiger partial charge < -0.3 is 11.1 Å². The molecule has 1 saturated heterocycles. The Hall–Kier alpha value is -0.750. The minimum atomic E-state index is 0.391. The zero-order valence-electron chi connectivity index (χ0n) is 7.29. The highest BCUT2D eigenvalue weighted by molar-refractivity contribution is 7.99. The van der Waals surface area contributed by atoms with E-state index in [-0.39, 0.29) is 0 Å². The number of nitrogens with two attached hydrogens (primary N) is 1. The first-order valence-electron chi connectivity index (χ1n) is 4.38. The maximum atomic E-state index is 5.40. The van der Waals surface area contributed by atoms with Crippen LogP contribution < -0.4 is 11.1 Å². The minimum absolute atomic E-state index is 0.391. The third kappa shape index (κ3) is 2.35. The largest absolute Gasteiger partial charge is 0.368 e. The Morgan fingerprint density at radius 2 is 2.54 bits per heavy atom. The fourth-order valence-corrected chi connectivity index (χ4v) is 2.30. The Balaban J connectivity index is 1.78. The van der Waals surface area contributed by atoms with Gasteiger partial charge in [0, 0.05) is 11.8 Å². The molecule has 1 aliphatic rings. The van der Waals surface area contributed by atoms with Crippen LogP contribution in [0.5, 0.6) is 0 Å². The number of hydrogen-bond acceptors (Lipinski definition) is 5. The van der Waals surface area contributed by atoms with Crippen molar-refractivity contribution in [2.45, 2.75) is 24.0 Å². The number of aromatic nitrogens is 3. The molecule has 5 nitrogen and oxygen atoms in total. The minimum Gasteiger partial charge on any atom is -0.368 e. The monoisotopic (exact) mass is 199 g/mol. The van der Waals surface area contributed by atoms with Gasteiger partial charge in [-0.25, -0.2) is 5.10 Å². The van der Waals surface area contributed by atoms with Gasteiger partial charge in [-0.2, -0.15) is 4.98 Å². The van der Waals surface area contributed by atoms with Crippen LogP contribution >= 0.6 is 11.8 Å². The second-order valence-corrected chi connectivity index (χ2v) is 4.09.